The van der Waals surface area contributed by atoms with Gasteiger partial charge in [-0.15, -0.1) is 6.58 Å². The van der Waals surface area contributed by atoms with E-state index in [2.05, 4.69) is 6.58 Å². The minimum atomic E-state index is -3.88. The molecule has 8 heteroatoms. The average molecular weight is 470 g/mol. The lowest BCUT2D eigenvalue weighted by Crippen LogP contribution is -2.32. The molecule has 0 radical (unpaired) electrons. The Bertz CT molecular complexity index is 1130. The van der Waals surface area contributed by atoms with Crippen LogP contribution in [0.3, 0.4) is 0 Å². The number of rotatable bonds is 8. The molecule has 152 valence electrons. The third kappa shape index (κ3) is 5.24. The zero-order chi connectivity index (χ0) is 21.0. The molecular formula is C21H19Cl3N2O2S. The van der Waals surface area contributed by atoms with E-state index < -0.39 is 10.0 Å². The van der Waals surface area contributed by atoms with Crippen LogP contribution in [0.2, 0.25) is 15.1 Å². The van der Waals surface area contributed by atoms with Gasteiger partial charge in [-0.25, -0.2) is 8.42 Å². The second-order valence-electron chi connectivity index (χ2n) is 6.42. The summed E-state index contributed by atoms with van der Waals surface area (Å²) < 4.78 is 29.8. The molecule has 3 rings (SSSR count). The molecule has 0 saturated carbocycles. The maximum Gasteiger partial charge on any atom is 0.245 e. The van der Waals surface area contributed by atoms with Gasteiger partial charge in [0, 0.05) is 35.0 Å². The first-order valence-corrected chi connectivity index (χ1v) is 11.3. The molecule has 4 nitrogen and oxygen atoms in total. The van der Waals surface area contributed by atoms with Crippen molar-refractivity contribution in [1.29, 1.82) is 0 Å². The molecule has 0 N–H and O–H groups in total. The fourth-order valence-corrected chi connectivity index (χ4v) is 5.30. The second kappa shape index (κ2) is 9.37. The molecule has 29 heavy (non-hydrogen) atoms. The van der Waals surface area contributed by atoms with Gasteiger partial charge in [0.1, 0.15) is 4.90 Å². The van der Waals surface area contributed by atoms with E-state index in [9.17, 15) is 8.42 Å². The highest BCUT2D eigenvalue weighted by Crippen LogP contribution is 2.28. The van der Waals surface area contributed by atoms with Gasteiger partial charge in [0.25, 0.3) is 0 Å². The minimum absolute atomic E-state index is 0.0264. The summed E-state index contributed by atoms with van der Waals surface area (Å²) in [7, 11) is -3.88. The molecule has 0 atom stereocenters. The van der Waals surface area contributed by atoms with Gasteiger partial charge in [0.2, 0.25) is 10.0 Å². The number of halogens is 3. The molecule has 0 spiro atoms. The van der Waals surface area contributed by atoms with Crippen molar-refractivity contribution >= 4 is 44.8 Å². The van der Waals surface area contributed by atoms with Crippen molar-refractivity contribution in [3.05, 3.63) is 99.8 Å². The van der Waals surface area contributed by atoms with Gasteiger partial charge < -0.3 is 4.57 Å². The summed E-state index contributed by atoms with van der Waals surface area (Å²) in [6, 6.07) is 15.7. The third-order valence-corrected chi connectivity index (χ3v) is 7.11. The number of aromatic nitrogens is 1. The van der Waals surface area contributed by atoms with Gasteiger partial charge in [0.05, 0.1) is 11.6 Å². The van der Waals surface area contributed by atoms with Crippen LogP contribution in [-0.4, -0.2) is 23.8 Å². The van der Waals surface area contributed by atoms with Gasteiger partial charge in [-0.3, -0.25) is 0 Å². The number of hydrogen-bond donors (Lipinski definition) is 0. The average Bonchev–Trinajstić information content (AvgIpc) is 3.10. The van der Waals surface area contributed by atoms with Crippen molar-refractivity contribution in [2.45, 2.75) is 18.0 Å². The number of sulfonamides is 1. The normalized spacial score (nSPS) is 11.7. The Morgan fingerprint density at radius 1 is 1.00 bits per heavy atom. The standard InChI is InChI=1S/C21H19Cl3N2O2S/c1-2-10-26(29(27,28)21-13-18(23)8-9-20(21)24)15-19-7-4-11-25(19)14-16-5-3-6-17(22)12-16/h2-9,11-13H,1,10,14-15H2. The Morgan fingerprint density at radius 2 is 1.76 bits per heavy atom. The SMILES string of the molecule is C=CCN(Cc1cccn1Cc1cccc(Cl)c1)S(=O)(=O)c1cc(Cl)ccc1Cl. The van der Waals surface area contributed by atoms with E-state index in [1.165, 1.54) is 16.4 Å². The van der Waals surface area contributed by atoms with Gasteiger partial charge in [-0.2, -0.15) is 4.31 Å². The summed E-state index contributed by atoms with van der Waals surface area (Å²) >= 11 is 18.2. The maximum atomic E-state index is 13.2. The largest absolute Gasteiger partial charge is 0.346 e. The minimum Gasteiger partial charge on any atom is -0.346 e. The van der Waals surface area contributed by atoms with E-state index in [4.69, 9.17) is 34.8 Å². The predicted octanol–water partition coefficient (Wildman–Crippen LogP) is 5.87. The Kier molecular flexibility index (Phi) is 7.09. The van der Waals surface area contributed by atoms with E-state index >= 15 is 0 Å². The molecule has 3 aromatic rings. The van der Waals surface area contributed by atoms with Crippen LogP contribution >= 0.6 is 34.8 Å². The van der Waals surface area contributed by atoms with E-state index in [-0.39, 0.29) is 23.0 Å². The van der Waals surface area contributed by atoms with Crippen molar-refractivity contribution in [1.82, 2.24) is 8.87 Å². The molecule has 0 fully saturated rings. The third-order valence-electron chi connectivity index (χ3n) is 4.35. The van der Waals surface area contributed by atoms with Crippen molar-refractivity contribution in [3.63, 3.8) is 0 Å². The summed E-state index contributed by atoms with van der Waals surface area (Å²) in [5.41, 5.74) is 1.85. The van der Waals surface area contributed by atoms with Crippen LogP contribution in [0.25, 0.3) is 0 Å². The molecule has 0 amide bonds. The quantitative estimate of drug-likeness (QED) is 0.387. The first kappa shape index (κ1) is 21.9. The number of hydrogen-bond acceptors (Lipinski definition) is 2. The Balaban J connectivity index is 1.91. The number of benzene rings is 2. The van der Waals surface area contributed by atoms with Crippen LogP contribution in [0.4, 0.5) is 0 Å². The van der Waals surface area contributed by atoms with Crippen LogP contribution in [0, 0.1) is 0 Å². The first-order valence-electron chi connectivity index (χ1n) is 8.76. The molecular weight excluding hydrogens is 451 g/mol. The van der Waals surface area contributed by atoms with E-state index in [0.29, 0.717) is 16.6 Å². The van der Waals surface area contributed by atoms with Crippen LogP contribution in [0.5, 0.6) is 0 Å². The van der Waals surface area contributed by atoms with Crippen LogP contribution in [-0.2, 0) is 23.1 Å². The van der Waals surface area contributed by atoms with Gasteiger partial charge in [-0.05, 0) is 48.0 Å². The lowest BCUT2D eigenvalue weighted by molar-refractivity contribution is 0.427. The molecule has 1 aromatic heterocycles. The fraction of sp³-hybridized carbons (Fsp3) is 0.143. The van der Waals surface area contributed by atoms with E-state index in [1.54, 1.807) is 12.1 Å². The predicted molar refractivity (Wildman–Crippen MR) is 119 cm³/mol. The molecule has 0 aliphatic carbocycles. The summed E-state index contributed by atoms with van der Waals surface area (Å²) in [4.78, 5) is -0.0264. The van der Waals surface area contributed by atoms with Crippen LogP contribution < -0.4 is 0 Å². The highest BCUT2D eigenvalue weighted by atomic mass is 35.5. The van der Waals surface area contributed by atoms with Crippen LogP contribution in [0.1, 0.15) is 11.3 Å². The van der Waals surface area contributed by atoms with Crippen molar-refractivity contribution in [2.75, 3.05) is 6.54 Å². The van der Waals surface area contributed by atoms with E-state index in [0.717, 1.165) is 11.3 Å². The number of nitrogens with zero attached hydrogens (tertiary/aromatic N) is 2. The van der Waals surface area contributed by atoms with Gasteiger partial charge in [0.15, 0.2) is 0 Å². The molecule has 0 aliphatic heterocycles. The smallest absolute Gasteiger partial charge is 0.245 e. The first-order chi connectivity index (χ1) is 13.8. The van der Waals surface area contributed by atoms with E-state index in [1.807, 2.05) is 47.2 Å². The summed E-state index contributed by atoms with van der Waals surface area (Å²) in [5, 5.41) is 1.08. The summed E-state index contributed by atoms with van der Waals surface area (Å²) in [6.45, 7) is 4.55. The van der Waals surface area contributed by atoms with Crippen LogP contribution in [0.15, 0.2) is 78.3 Å². The van der Waals surface area contributed by atoms with Crippen molar-refractivity contribution < 1.29 is 8.42 Å². The summed E-state index contributed by atoms with van der Waals surface area (Å²) in [6.07, 6.45) is 3.45. The Labute approximate surface area is 186 Å². The highest BCUT2D eigenvalue weighted by molar-refractivity contribution is 7.89. The fourth-order valence-electron chi connectivity index (χ4n) is 2.97. The summed E-state index contributed by atoms with van der Waals surface area (Å²) in [5.74, 6) is 0. The lowest BCUT2D eigenvalue weighted by atomic mass is 10.2. The Morgan fingerprint density at radius 3 is 2.48 bits per heavy atom. The monoisotopic (exact) mass is 468 g/mol. The van der Waals surface area contributed by atoms with Gasteiger partial charge >= 0.3 is 0 Å². The zero-order valence-electron chi connectivity index (χ0n) is 15.4. The lowest BCUT2D eigenvalue weighted by Gasteiger charge is -2.22. The molecule has 0 saturated heterocycles. The molecule has 0 aliphatic rings. The van der Waals surface area contributed by atoms with Gasteiger partial charge in [-0.1, -0.05) is 53.0 Å². The zero-order valence-corrected chi connectivity index (χ0v) is 18.5. The molecule has 0 bridgehead atoms. The topological polar surface area (TPSA) is 42.3 Å². The maximum absolute atomic E-state index is 13.2. The van der Waals surface area contributed by atoms with Crippen molar-refractivity contribution in [3.8, 4) is 0 Å². The molecule has 1 heterocycles. The second-order valence-corrected chi connectivity index (χ2v) is 9.60. The van der Waals surface area contributed by atoms with Crippen molar-refractivity contribution in [2.24, 2.45) is 0 Å². The molecule has 0 unspecified atom stereocenters. The molecule has 2 aromatic carbocycles. The highest BCUT2D eigenvalue weighted by Gasteiger charge is 2.27. The Hall–Kier alpha value is -1.76.